The average molecular weight is 254 g/mol. The fraction of sp³-hybridized carbons (Fsp3) is 0.235. The molecule has 0 aromatic heterocycles. The molecule has 0 spiro atoms. The Morgan fingerprint density at radius 2 is 1.79 bits per heavy atom. The van der Waals surface area contributed by atoms with E-state index in [1.165, 1.54) is 5.56 Å². The Morgan fingerprint density at radius 1 is 1.11 bits per heavy atom. The molecule has 2 heteroatoms. The molecule has 0 atom stereocenters. The number of ether oxygens (including phenoxy) is 1. The normalized spacial score (nSPS) is 10.3. The van der Waals surface area contributed by atoms with Crippen molar-refractivity contribution in [2.75, 3.05) is 7.11 Å². The minimum atomic E-state index is 0.00297. The predicted octanol–water partition coefficient (Wildman–Crippen LogP) is 3.80. The zero-order valence-corrected chi connectivity index (χ0v) is 11.6. The Labute approximate surface area is 114 Å². The summed E-state index contributed by atoms with van der Waals surface area (Å²) in [4.78, 5) is 12.5. The van der Waals surface area contributed by atoms with Crippen molar-refractivity contribution in [1.29, 1.82) is 0 Å². The van der Waals surface area contributed by atoms with E-state index in [-0.39, 0.29) is 5.78 Å². The summed E-state index contributed by atoms with van der Waals surface area (Å²) in [5, 5.41) is 0. The van der Waals surface area contributed by atoms with Crippen molar-refractivity contribution >= 4 is 5.78 Å². The van der Waals surface area contributed by atoms with Gasteiger partial charge in [-0.25, -0.2) is 0 Å². The maximum atomic E-state index is 12.5. The number of carbonyl (C=O) groups is 1. The van der Waals surface area contributed by atoms with Crippen LogP contribution in [0.25, 0.3) is 0 Å². The average Bonchev–Trinajstić information content (AvgIpc) is 2.46. The number of carbonyl (C=O) groups excluding carboxylic acids is 1. The smallest absolute Gasteiger partial charge is 0.196 e. The third kappa shape index (κ3) is 2.84. The number of ketones is 1. The predicted molar refractivity (Wildman–Crippen MR) is 77.0 cm³/mol. The van der Waals surface area contributed by atoms with E-state index < -0.39 is 0 Å². The SMILES string of the molecule is CCc1ccc(C(=O)c2cc(C)ccc2OC)cc1. The van der Waals surface area contributed by atoms with Crippen LogP contribution in [0.4, 0.5) is 0 Å². The van der Waals surface area contributed by atoms with Crippen molar-refractivity contribution in [2.24, 2.45) is 0 Å². The van der Waals surface area contributed by atoms with Gasteiger partial charge in [0.2, 0.25) is 0 Å². The first kappa shape index (κ1) is 13.3. The van der Waals surface area contributed by atoms with Gasteiger partial charge in [0.1, 0.15) is 5.75 Å². The van der Waals surface area contributed by atoms with Gasteiger partial charge in [-0.3, -0.25) is 4.79 Å². The van der Waals surface area contributed by atoms with E-state index in [1.54, 1.807) is 7.11 Å². The highest BCUT2D eigenvalue weighted by Crippen LogP contribution is 2.23. The van der Waals surface area contributed by atoms with Gasteiger partial charge in [-0.2, -0.15) is 0 Å². The first-order valence-electron chi connectivity index (χ1n) is 6.44. The molecule has 2 aromatic rings. The molecule has 0 saturated heterocycles. The molecular weight excluding hydrogens is 236 g/mol. The van der Waals surface area contributed by atoms with Gasteiger partial charge in [0, 0.05) is 5.56 Å². The summed E-state index contributed by atoms with van der Waals surface area (Å²) in [5.74, 6) is 0.623. The molecule has 0 fully saturated rings. The second kappa shape index (κ2) is 5.70. The summed E-state index contributed by atoms with van der Waals surface area (Å²) in [7, 11) is 1.58. The minimum absolute atomic E-state index is 0.00297. The van der Waals surface area contributed by atoms with Crippen molar-refractivity contribution in [2.45, 2.75) is 20.3 Å². The number of hydrogen-bond donors (Lipinski definition) is 0. The van der Waals surface area contributed by atoms with Crippen LogP contribution in [0.2, 0.25) is 0 Å². The molecule has 0 aliphatic rings. The topological polar surface area (TPSA) is 26.3 Å². The lowest BCUT2D eigenvalue weighted by atomic mass is 9.99. The van der Waals surface area contributed by atoms with E-state index >= 15 is 0 Å². The quantitative estimate of drug-likeness (QED) is 0.776. The van der Waals surface area contributed by atoms with Crippen molar-refractivity contribution in [3.05, 3.63) is 64.7 Å². The third-order valence-electron chi connectivity index (χ3n) is 3.22. The maximum Gasteiger partial charge on any atom is 0.196 e. The largest absolute Gasteiger partial charge is 0.496 e. The Hall–Kier alpha value is -2.09. The summed E-state index contributed by atoms with van der Waals surface area (Å²) >= 11 is 0. The maximum absolute atomic E-state index is 12.5. The molecule has 0 saturated carbocycles. The summed E-state index contributed by atoms with van der Waals surface area (Å²) in [6.45, 7) is 4.07. The molecule has 2 aromatic carbocycles. The molecule has 0 N–H and O–H groups in total. The summed E-state index contributed by atoms with van der Waals surface area (Å²) < 4.78 is 5.27. The van der Waals surface area contributed by atoms with Crippen LogP contribution in [0, 0.1) is 6.92 Å². The van der Waals surface area contributed by atoms with E-state index in [2.05, 4.69) is 6.92 Å². The van der Waals surface area contributed by atoms with Crippen LogP contribution in [0.1, 0.15) is 34.0 Å². The van der Waals surface area contributed by atoms with Gasteiger partial charge in [0.15, 0.2) is 5.78 Å². The van der Waals surface area contributed by atoms with Gasteiger partial charge in [0.05, 0.1) is 12.7 Å². The molecule has 2 nitrogen and oxygen atoms in total. The van der Waals surface area contributed by atoms with Gasteiger partial charge in [-0.15, -0.1) is 0 Å². The molecule has 0 heterocycles. The molecule has 2 rings (SSSR count). The highest BCUT2D eigenvalue weighted by molar-refractivity contribution is 6.10. The lowest BCUT2D eigenvalue weighted by Crippen LogP contribution is -2.04. The van der Waals surface area contributed by atoms with Crippen molar-refractivity contribution in [3.8, 4) is 5.75 Å². The van der Waals surface area contributed by atoms with Gasteiger partial charge in [0.25, 0.3) is 0 Å². The lowest BCUT2D eigenvalue weighted by Gasteiger charge is -2.09. The molecule has 0 aliphatic heterocycles. The fourth-order valence-electron chi connectivity index (χ4n) is 2.05. The Bertz CT molecular complexity index is 583. The van der Waals surface area contributed by atoms with Gasteiger partial charge < -0.3 is 4.74 Å². The number of benzene rings is 2. The molecule has 19 heavy (non-hydrogen) atoms. The van der Waals surface area contributed by atoms with E-state index in [9.17, 15) is 4.79 Å². The highest BCUT2D eigenvalue weighted by Gasteiger charge is 2.14. The van der Waals surface area contributed by atoms with Crippen LogP contribution in [0.15, 0.2) is 42.5 Å². The van der Waals surface area contributed by atoms with Gasteiger partial charge >= 0.3 is 0 Å². The van der Waals surface area contributed by atoms with Crippen LogP contribution in [0.5, 0.6) is 5.75 Å². The summed E-state index contributed by atoms with van der Waals surface area (Å²) in [5.41, 5.74) is 3.59. The third-order valence-corrected chi connectivity index (χ3v) is 3.22. The Morgan fingerprint density at radius 3 is 2.37 bits per heavy atom. The molecule has 0 amide bonds. The molecule has 0 unspecified atom stereocenters. The highest BCUT2D eigenvalue weighted by atomic mass is 16.5. The second-order valence-corrected chi connectivity index (χ2v) is 4.58. The molecular formula is C17H18O2. The molecule has 0 bridgehead atoms. The lowest BCUT2D eigenvalue weighted by molar-refractivity contribution is 0.103. The van der Waals surface area contributed by atoms with E-state index in [1.807, 2.05) is 49.4 Å². The molecule has 0 aliphatic carbocycles. The van der Waals surface area contributed by atoms with E-state index in [0.29, 0.717) is 16.9 Å². The van der Waals surface area contributed by atoms with E-state index in [0.717, 1.165) is 12.0 Å². The monoisotopic (exact) mass is 254 g/mol. The molecule has 98 valence electrons. The van der Waals surface area contributed by atoms with E-state index in [4.69, 9.17) is 4.74 Å². The summed E-state index contributed by atoms with van der Waals surface area (Å²) in [6, 6.07) is 13.4. The minimum Gasteiger partial charge on any atom is -0.496 e. The van der Waals surface area contributed by atoms with Crippen molar-refractivity contribution < 1.29 is 9.53 Å². The number of methoxy groups -OCH3 is 1. The standard InChI is InChI=1S/C17H18O2/c1-4-13-6-8-14(9-7-13)17(18)15-11-12(2)5-10-16(15)19-3/h5-11H,4H2,1-3H3. The van der Waals surface area contributed by atoms with Crippen LogP contribution in [0.3, 0.4) is 0 Å². The van der Waals surface area contributed by atoms with Gasteiger partial charge in [-0.05, 0) is 31.0 Å². The number of hydrogen-bond acceptors (Lipinski definition) is 2. The number of aryl methyl sites for hydroxylation is 2. The van der Waals surface area contributed by atoms with Crippen molar-refractivity contribution in [1.82, 2.24) is 0 Å². The summed E-state index contributed by atoms with van der Waals surface area (Å²) in [6.07, 6.45) is 0.974. The Kier molecular flexibility index (Phi) is 4.00. The van der Waals surface area contributed by atoms with Crippen LogP contribution in [-0.4, -0.2) is 12.9 Å². The Balaban J connectivity index is 2.40. The fourth-order valence-corrected chi connectivity index (χ4v) is 2.05. The number of rotatable bonds is 4. The molecule has 0 radical (unpaired) electrons. The first-order chi connectivity index (χ1) is 9.15. The van der Waals surface area contributed by atoms with Crippen LogP contribution < -0.4 is 4.74 Å². The zero-order chi connectivity index (χ0) is 13.8. The van der Waals surface area contributed by atoms with Crippen molar-refractivity contribution in [3.63, 3.8) is 0 Å². The second-order valence-electron chi connectivity index (χ2n) is 4.58. The zero-order valence-electron chi connectivity index (χ0n) is 11.6. The van der Waals surface area contributed by atoms with Crippen LogP contribution >= 0.6 is 0 Å². The van der Waals surface area contributed by atoms with Crippen LogP contribution in [-0.2, 0) is 6.42 Å². The first-order valence-corrected chi connectivity index (χ1v) is 6.44. The van der Waals surface area contributed by atoms with Gasteiger partial charge in [-0.1, -0.05) is 42.8 Å².